The number of carbonyl (C=O) groups excluding carboxylic acids is 1. The summed E-state index contributed by atoms with van der Waals surface area (Å²) in [6, 6.07) is 4.54. The first-order valence-corrected chi connectivity index (χ1v) is 7.17. The van der Waals surface area contributed by atoms with Crippen molar-refractivity contribution in [1.82, 2.24) is 4.90 Å². The number of anilines is 1. The highest BCUT2D eigenvalue weighted by molar-refractivity contribution is 9.10. The third-order valence-corrected chi connectivity index (χ3v) is 4.10. The number of halogens is 1. The first-order valence-electron chi connectivity index (χ1n) is 6.38. The fourth-order valence-corrected chi connectivity index (χ4v) is 2.77. The van der Waals surface area contributed by atoms with Crippen molar-refractivity contribution in [3.8, 4) is 0 Å². The molecule has 0 aliphatic carbocycles. The van der Waals surface area contributed by atoms with Crippen molar-refractivity contribution >= 4 is 33.6 Å². The van der Waals surface area contributed by atoms with Crippen molar-refractivity contribution in [2.45, 2.75) is 20.3 Å². The molecule has 0 spiro atoms. The Kier molecular flexibility index (Phi) is 4.04. The molecule has 1 aromatic carbocycles. The summed E-state index contributed by atoms with van der Waals surface area (Å²) >= 11 is 3.28. The fourth-order valence-electron chi connectivity index (χ4n) is 2.30. The van der Waals surface area contributed by atoms with Gasteiger partial charge in [0.2, 0.25) is 0 Å². The van der Waals surface area contributed by atoms with E-state index in [0.717, 1.165) is 6.42 Å². The molecule has 2 amide bonds. The van der Waals surface area contributed by atoms with E-state index in [1.54, 1.807) is 17.0 Å². The van der Waals surface area contributed by atoms with Gasteiger partial charge in [0.05, 0.1) is 11.3 Å². The minimum atomic E-state index is -1.07. The maximum Gasteiger partial charge on any atom is 0.337 e. The average Bonchev–Trinajstić information content (AvgIpc) is 2.72. The Morgan fingerprint density at radius 2 is 2.10 bits per heavy atom. The summed E-state index contributed by atoms with van der Waals surface area (Å²) in [5.74, 6) is -1.07. The van der Waals surface area contributed by atoms with E-state index in [9.17, 15) is 9.59 Å². The molecule has 0 bridgehead atoms. The Morgan fingerprint density at radius 3 is 2.65 bits per heavy atom. The van der Waals surface area contributed by atoms with Crippen LogP contribution in [0.1, 0.15) is 30.6 Å². The van der Waals surface area contributed by atoms with Crippen LogP contribution >= 0.6 is 15.9 Å². The van der Waals surface area contributed by atoms with Crippen molar-refractivity contribution in [2.24, 2.45) is 5.41 Å². The predicted octanol–water partition coefficient (Wildman–Crippen LogP) is 3.41. The van der Waals surface area contributed by atoms with Gasteiger partial charge >= 0.3 is 12.0 Å². The predicted molar refractivity (Wildman–Crippen MR) is 80.1 cm³/mol. The van der Waals surface area contributed by atoms with Gasteiger partial charge in [-0.15, -0.1) is 0 Å². The maximum atomic E-state index is 12.2. The second-order valence-corrected chi connectivity index (χ2v) is 6.59. The standard InChI is InChI=1S/C14H17BrN2O3/c1-14(2)6-7-17(8-14)13(20)16-11-9(12(18)19)4-3-5-10(11)15/h3-5H,6-8H2,1-2H3,(H,16,20)(H,18,19). The van der Waals surface area contributed by atoms with E-state index in [2.05, 4.69) is 35.1 Å². The van der Waals surface area contributed by atoms with Crippen LogP contribution in [-0.2, 0) is 0 Å². The van der Waals surface area contributed by atoms with Gasteiger partial charge in [0.1, 0.15) is 0 Å². The van der Waals surface area contributed by atoms with Crippen molar-refractivity contribution in [2.75, 3.05) is 18.4 Å². The number of amides is 2. The highest BCUT2D eigenvalue weighted by Crippen LogP contribution is 2.31. The Hall–Kier alpha value is -1.56. The second-order valence-electron chi connectivity index (χ2n) is 5.73. The van der Waals surface area contributed by atoms with Gasteiger partial charge in [-0.25, -0.2) is 9.59 Å². The van der Waals surface area contributed by atoms with Gasteiger partial charge in [-0.2, -0.15) is 0 Å². The fraction of sp³-hybridized carbons (Fsp3) is 0.429. The smallest absolute Gasteiger partial charge is 0.337 e. The number of hydrogen-bond donors (Lipinski definition) is 2. The number of carbonyl (C=O) groups is 2. The highest BCUT2D eigenvalue weighted by Gasteiger charge is 2.32. The maximum absolute atomic E-state index is 12.2. The number of aromatic carboxylic acids is 1. The Balaban J connectivity index is 2.18. The lowest BCUT2D eigenvalue weighted by Crippen LogP contribution is -2.34. The van der Waals surface area contributed by atoms with E-state index in [-0.39, 0.29) is 17.0 Å². The van der Waals surface area contributed by atoms with Crippen LogP contribution in [0.4, 0.5) is 10.5 Å². The van der Waals surface area contributed by atoms with Crippen LogP contribution in [0.15, 0.2) is 22.7 Å². The van der Waals surface area contributed by atoms with E-state index in [1.807, 2.05) is 0 Å². The molecular formula is C14H17BrN2O3. The summed E-state index contributed by atoms with van der Waals surface area (Å²) in [5, 5.41) is 11.9. The molecule has 0 aromatic heterocycles. The lowest BCUT2D eigenvalue weighted by Gasteiger charge is -2.21. The van der Waals surface area contributed by atoms with Crippen LogP contribution < -0.4 is 5.32 Å². The molecule has 0 atom stereocenters. The minimum absolute atomic E-state index is 0.0752. The van der Waals surface area contributed by atoms with Crippen LogP contribution in [-0.4, -0.2) is 35.1 Å². The third kappa shape index (κ3) is 3.12. The van der Waals surface area contributed by atoms with Gasteiger partial charge in [0.15, 0.2) is 0 Å². The summed E-state index contributed by atoms with van der Waals surface area (Å²) in [6.07, 6.45) is 0.947. The van der Waals surface area contributed by atoms with Gasteiger partial charge in [-0.3, -0.25) is 0 Å². The molecule has 1 aromatic rings. The van der Waals surface area contributed by atoms with Gasteiger partial charge < -0.3 is 15.3 Å². The largest absolute Gasteiger partial charge is 0.478 e. The molecule has 0 saturated carbocycles. The van der Waals surface area contributed by atoms with Gasteiger partial charge in [0.25, 0.3) is 0 Å². The van der Waals surface area contributed by atoms with E-state index in [4.69, 9.17) is 5.11 Å². The highest BCUT2D eigenvalue weighted by atomic mass is 79.9. The number of likely N-dealkylation sites (tertiary alicyclic amines) is 1. The summed E-state index contributed by atoms with van der Waals surface area (Å²) in [5.41, 5.74) is 0.488. The monoisotopic (exact) mass is 340 g/mol. The zero-order valence-corrected chi connectivity index (χ0v) is 13.0. The van der Waals surface area contributed by atoms with Crippen molar-refractivity contribution in [3.05, 3.63) is 28.2 Å². The summed E-state index contributed by atoms with van der Waals surface area (Å²) in [7, 11) is 0. The molecule has 2 N–H and O–H groups in total. The normalized spacial score (nSPS) is 17.1. The lowest BCUT2D eigenvalue weighted by atomic mass is 9.93. The molecule has 1 fully saturated rings. The number of nitrogens with zero attached hydrogens (tertiary/aromatic N) is 1. The molecule has 0 radical (unpaired) electrons. The number of carboxylic acids is 1. The Morgan fingerprint density at radius 1 is 1.40 bits per heavy atom. The van der Waals surface area contributed by atoms with E-state index >= 15 is 0 Å². The van der Waals surface area contributed by atoms with Crippen molar-refractivity contribution in [1.29, 1.82) is 0 Å². The molecule has 1 heterocycles. The molecule has 108 valence electrons. The number of rotatable bonds is 2. The van der Waals surface area contributed by atoms with Crippen LogP contribution in [0.2, 0.25) is 0 Å². The quantitative estimate of drug-likeness (QED) is 0.866. The second kappa shape index (κ2) is 5.44. The zero-order valence-electron chi connectivity index (χ0n) is 11.4. The van der Waals surface area contributed by atoms with Crippen molar-refractivity contribution < 1.29 is 14.7 Å². The summed E-state index contributed by atoms with van der Waals surface area (Å²) in [4.78, 5) is 25.1. The molecule has 5 nitrogen and oxygen atoms in total. The third-order valence-electron chi connectivity index (χ3n) is 3.44. The SMILES string of the molecule is CC1(C)CCN(C(=O)Nc2c(Br)cccc2C(=O)O)C1. The number of hydrogen-bond acceptors (Lipinski definition) is 2. The average molecular weight is 341 g/mol. The molecule has 1 saturated heterocycles. The molecule has 20 heavy (non-hydrogen) atoms. The van der Waals surface area contributed by atoms with E-state index in [0.29, 0.717) is 23.2 Å². The number of nitrogens with one attached hydrogen (secondary N) is 1. The first kappa shape index (κ1) is 14.8. The Bertz CT molecular complexity index is 557. The molecule has 1 aliphatic rings. The number of benzene rings is 1. The van der Waals surface area contributed by atoms with E-state index in [1.165, 1.54) is 6.07 Å². The van der Waals surface area contributed by atoms with Gasteiger partial charge in [-0.05, 0) is 39.9 Å². The lowest BCUT2D eigenvalue weighted by molar-refractivity contribution is 0.0698. The summed E-state index contributed by atoms with van der Waals surface area (Å²) in [6.45, 7) is 5.58. The Labute approximate surface area is 126 Å². The summed E-state index contributed by atoms with van der Waals surface area (Å²) < 4.78 is 0.559. The van der Waals surface area contributed by atoms with Crippen LogP contribution in [0.3, 0.4) is 0 Å². The number of urea groups is 1. The van der Waals surface area contributed by atoms with Crippen LogP contribution in [0.25, 0.3) is 0 Å². The first-order chi connectivity index (χ1) is 9.30. The van der Waals surface area contributed by atoms with E-state index < -0.39 is 5.97 Å². The zero-order chi connectivity index (χ0) is 14.9. The van der Waals surface area contributed by atoms with Crippen LogP contribution in [0.5, 0.6) is 0 Å². The van der Waals surface area contributed by atoms with Gasteiger partial charge in [-0.1, -0.05) is 19.9 Å². The topological polar surface area (TPSA) is 69.6 Å². The van der Waals surface area contributed by atoms with Crippen LogP contribution in [0, 0.1) is 5.41 Å². The minimum Gasteiger partial charge on any atom is -0.478 e. The molecule has 6 heteroatoms. The molecule has 1 aliphatic heterocycles. The number of carboxylic acid groups (broad SMARTS) is 1. The number of para-hydroxylation sites is 1. The molecule has 2 rings (SSSR count). The van der Waals surface area contributed by atoms with Gasteiger partial charge in [0, 0.05) is 17.6 Å². The van der Waals surface area contributed by atoms with Crippen molar-refractivity contribution in [3.63, 3.8) is 0 Å². The molecule has 0 unspecified atom stereocenters. The molecular weight excluding hydrogens is 324 g/mol.